The van der Waals surface area contributed by atoms with Crippen LogP contribution in [-0.2, 0) is 6.54 Å². The van der Waals surface area contributed by atoms with Crippen LogP contribution in [0.4, 0.5) is 0 Å². The Morgan fingerprint density at radius 1 is 1.03 bits per heavy atom. The van der Waals surface area contributed by atoms with Gasteiger partial charge < -0.3 is 10.5 Å². The summed E-state index contributed by atoms with van der Waals surface area (Å²) in [5.74, 6) is 0.306. The lowest BCUT2D eigenvalue weighted by Crippen LogP contribution is -2.23. The Bertz CT molecular complexity index is 1380. The van der Waals surface area contributed by atoms with E-state index in [1.807, 2.05) is 70.2 Å². The van der Waals surface area contributed by atoms with Crippen LogP contribution in [-0.4, -0.2) is 31.6 Å². The SMILES string of the molecule is CCOc1ccc(-c2nc(C(N)=O)c3c(n2)n(-c2ccc(C)c(C)c2)c(=O)n3CC)cc1. The lowest BCUT2D eigenvalue weighted by molar-refractivity contribution is 0.0997. The summed E-state index contributed by atoms with van der Waals surface area (Å²) in [4.78, 5) is 34.8. The maximum Gasteiger partial charge on any atom is 0.335 e. The molecule has 0 aliphatic rings. The predicted molar refractivity (Wildman–Crippen MR) is 123 cm³/mol. The number of aromatic nitrogens is 4. The molecular formula is C24H25N5O3. The molecule has 0 atom stereocenters. The number of hydrogen-bond donors (Lipinski definition) is 1. The predicted octanol–water partition coefficient (Wildman–Crippen LogP) is 3.38. The van der Waals surface area contributed by atoms with Gasteiger partial charge >= 0.3 is 5.69 Å². The summed E-state index contributed by atoms with van der Waals surface area (Å²) in [5, 5.41) is 0. The van der Waals surface area contributed by atoms with E-state index in [0.29, 0.717) is 41.4 Å². The number of fused-ring (bicyclic) bond motifs is 1. The number of amides is 1. The second-order valence-electron chi connectivity index (χ2n) is 7.52. The first kappa shape index (κ1) is 21.3. The van der Waals surface area contributed by atoms with Gasteiger partial charge in [-0.05, 0) is 75.2 Å². The van der Waals surface area contributed by atoms with Gasteiger partial charge in [0.15, 0.2) is 17.2 Å². The van der Waals surface area contributed by atoms with Crippen LogP contribution in [0.5, 0.6) is 5.75 Å². The molecule has 4 rings (SSSR count). The van der Waals surface area contributed by atoms with Crippen molar-refractivity contribution < 1.29 is 9.53 Å². The van der Waals surface area contributed by atoms with Crippen LogP contribution in [0.1, 0.15) is 35.5 Å². The van der Waals surface area contributed by atoms with E-state index >= 15 is 0 Å². The van der Waals surface area contributed by atoms with E-state index in [2.05, 4.69) is 4.98 Å². The highest BCUT2D eigenvalue weighted by Gasteiger charge is 2.23. The van der Waals surface area contributed by atoms with Crippen LogP contribution in [0, 0.1) is 13.8 Å². The first-order chi connectivity index (χ1) is 15.3. The second kappa shape index (κ2) is 8.30. The van der Waals surface area contributed by atoms with Crippen LogP contribution in [0.15, 0.2) is 47.3 Å². The Labute approximate surface area is 185 Å². The fourth-order valence-electron chi connectivity index (χ4n) is 3.71. The molecule has 1 amide bonds. The lowest BCUT2D eigenvalue weighted by Gasteiger charge is -2.09. The van der Waals surface area contributed by atoms with Gasteiger partial charge in [0, 0.05) is 12.1 Å². The van der Waals surface area contributed by atoms with Gasteiger partial charge in [0.05, 0.1) is 12.3 Å². The van der Waals surface area contributed by atoms with Crippen LogP contribution in [0.2, 0.25) is 0 Å². The molecule has 4 aromatic rings. The maximum absolute atomic E-state index is 13.3. The number of carbonyl (C=O) groups excluding carboxylic acids is 1. The van der Waals surface area contributed by atoms with Crippen molar-refractivity contribution in [1.29, 1.82) is 0 Å². The smallest absolute Gasteiger partial charge is 0.335 e. The number of aryl methyl sites for hydroxylation is 3. The Hall–Kier alpha value is -3.94. The normalized spacial score (nSPS) is 11.1. The zero-order valence-corrected chi connectivity index (χ0v) is 18.5. The highest BCUT2D eigenvalue weighted by Crippen LogP contribution is 2.25. The third-order valence-corrected chi connectivity index (χ3v) is 5.49. The van der Waals surface area contributed by atoms with Crippen LogP contribution in [0.25, 0.3) is 28.2 Å². The van der Waals surface area contributed by atoms with E-state index in [0.717, 1.165) is 16.9 Å². The number of imidazole rings is 1. The molecular weight excluding hydrogens is 406 g/mol. The molecule has 8 heteroatoms. The average molecular weight is 431 g/mol. The molecule has 2 aromatic heterocycles. The summed E-state index contributed by atoms with van der Waals surface area (Å²) in [6, 6.07) is 13.0. The number of rotatable bonds is 6. The number of nitrogens with zero attached hydrogens (tertiary/aromatic N) is 4. The highest BCUT2D eigenvalue weighted by molar-refractivity contribution is 6.02. The summed E-state index contributed by atoms with van der Waals surface area (Å²) >= 11 is 0. The molecule has 0 bridgehead atoms. The topological polar surface area (TPSA) is 105 Å². The molecule has 0 fully saturated rings. The molecule has 0 saturated heterocycles. The van der Waals surface area contributed by atoms with Gasteiger partial charge in [0.1, 0.15) is 11.3 Å². The second-order valence-corrected chi connectivity index (χ2v) is 7.52. The number of hydrogen-bond acceptors (Lipinski definition) is 5. The summed E-state index contributed by atoms with van der Waals surface area (Å²) in [6.45, 7) is 8.64. The largest absolute Gasteiger partial charge is 0.494 e. The van der Waals surface area contributed by atoms with E-state index in [1.54, 1.807) is 0 Å². The Morgan fingerprint density at radius 3 is 2.34 bits per heavy atom. The van der Waals surface area contributed by atoms with E-state index in [-0.39, 0.29) is 11.4 Å². The minimum atomic E-state index is -0.718. The molecule has 2 heterocycles. The van der Waals surface area contributed by atoms with E-state index in [9.17, 15) is 9.59 Å². The Balaban J connectivity index is 2.04. The van der Waals surface area contributed by atoms with E-state index in [1.165, 1.54) is 9.13 Å². The standard InChI is InChI=1S/C24H25N5O3/c1-5-28-20-19(21(25)30)26-22(16-8-11-18(12-9-16)32-6-2)27-23(20)29(24(28)31)17-10-7-14(3)15(4)13-17/h7-13H,5-6H2,1-4H3,(H2,25,30). The number of carbonyl (C=O) groups is 1. The molecule has 164 valence electrons. The van der Waals surface area contributed by atoms with Gasteiger partial charge in [0.2, 0.25) is 0 Å². The molecule has 8 nitrogen and oxygen atoms in total. The molecule has 32 heavy (non-hydrogen) atoms. The van der Waals surface area contributed by atoms with Crippen molar-refractivity contribution in [2.24, 2.45) is 5.73 Å². The fourth-order valence-corrected chi connectivity index (χ4v) is 3.71. The first-order valence-electron chi connectivity index (χ1n) is 10.5. The number of benzene rings is 2. The summed E-state index contributed by atoms with van der Waals surface area (Å²) in [6.07, 6.45) is 0. The fraction of sp³-hybridized carbons (Fsp3) is 0.250. The van der Waals surface area contributed by atoms with Gasteiger partial charge in [0.25, 0.3) is 5.91 Å². The minimum Gasteiger partial charge on any atom is -0.494 e. The molecule has 0 saturated carbocycles. The average Bonchev–Trinajstić information content (AvgIpc) is 3.06. The quantitative estimate of drug-likeness (QED) is 0.504. The van der Waals surface area contributed by atoms with Crippen molar-refractivity contribution in [3.05, 3.63) is 69.8 Å². The third-order valence-electron chi connectivity index (χ3n) is 5.49. The van der Waals surface area contributed by atoms with Gasteiger partial charge in [-0.15, -0.1) is 0 Å². The first-order valence-corrected chi connectivity index (χ1v) is 10.5. The molecule has 0 aliphatic heterocycles. The number of ether oxygens (including phenoxy) is 1. The summed E-state index contributed by atoms with van der Waals surface area (Å²) < 4.78 is 8.49. The van der Waals surface area contributed by atoms with E-state index < -0.39 is 5.91 Å². The third kappa shape index (κ3) is 3.53. The van der Waals surface area contributed by atoms with E-state index in [4.69, 9.17) is 15.5 Å². The van der Waals surface area contributed by atoms with Gasteiger partial charge in [-0.2, -0.15) is 0 Å². The van der Waals surface area contributed by atoms with Crippen LogP contribution in [0.3, 0.4) is 0 Å². The monoisotopic (exact) mass is 431 g/mol. The molecule has 0 spiro atoms. The van der Waals surface area contributed by atoms with Gasteiger partial charge in [-0.25, -0.2) is 19.3 Å². The Morgan fingerprint density at radius 2 is 1.75 bits per heavy atom. The van der Waals surface area contributed by atoms with Crippen molar-refractivity contribution in [2.45, 2.75) is 34.2 Å². The van der Waals surface area contributed by atoms with Gasteiger partial charge in [-0.3, -0.25) is 9.36 Å². The molecule has 0 radical (unpaired) electrons. The molecule has 0 aliphatic carbocycles. The molecule has 0 unspecified atom stereocenters. The molecule has 2 aromatic carbocycles. The van der Waals surface area contributed by atoms with Crippen molar-refractivity contribution in [3.8, 4) is 22.8 Å². The zero-order chi connectivity index (χ0) is 23.0. The van der Waals surface area contributed by atoms with Crippen molar-refractivity contribution in [3.63, 3.8) is 0 Å². The highest BCUT2D eigenvalue weighted by atomic mass is 16.5. The number of nitrogens with two attached hydrogens (primary N) is 1. The lowest BCUT2D eigenvalue weighted by atomic mass is 10.1. The van der Waals surface area contributed by atoms with Crippen molar-refractivity contribution in [1.82, 2.24) is 19.1 Å². The molecule has 2 N–H and O–H groups in total. The summed E-state index contributed by atoms with van der Waals surface area (Å²) in [7, 11) is 0. The summed E-state index contributed by atoms with van der Waals surface area (Å²) in [5.41, 5.74) is 9.58. The van der Waals surface area contributed by atoms with Gasteiger partial charge in [-0.1, -0.05) is 6.07 Å². The number of primary amides is 1. The van der Waals surface area contributed by atoms with Crippen molar-refractivity contribution in [2.75, 3.05) is 6.61 Å². The zero-order valence-electron chi connectivity index (χ0n) is 18.5. The Kier molecular flexibility index (Phi) is 5.52. The maximum atomic E-state index is 13.3. The van der Waals surface area contributed by atoms with Crippen LogP contribution >= 0.6 is 0 Å². The van der Waals surface area contributed by atoms with Crippen molar-refractivity contribution >= 4 is 17.1 Å². The van der Waals surface area contributed by atoms with Crippen LogP contribution < -0.4 is 16.2 Å². The minimum absolute atomic E-state index is 0.0143.